The molecule has 2 aliphatic carbocycles. The van der Waals surface area contributed by atoms with E-state index in [9.17, 15) is 0 Å². The van der Waals surface area contributed by atoms with Crippen LogP contribution in [0.4, 0.5) is 0 Å². The Morgan fingerprint density at radius 2 is 1.16 bits per heavy atom. The number of hydrogen-bond donors (Lipinski definition) is 0. The number of rotatable bonds is 10. The highest BCUT2D eigenvalue weighted by atomic mass is 28.4. The van der Waals surface area contributed by atoms with Gasteiger partial charge in [0, 0.05) is 11.8 Å². The number of fused-ring (bicyclic) bond motifs is 1. The molecule has 1 fully saturated rings. The van der Waals surface area contributed by atoms with Gasteiger partial charge in [-0.25, -0.2) is 0 Å². The van der Waals surface area contributed by atoms with Crippen LogP contribution in [0.3, 0.4) is 0 Å². The van der Waals surface area contributed by atoms with Crippen LogP contribution in [0.1, 0.15) is 96.4 Å². The van der Waals surface area contributed by atoms with Crippen molar-refractivity contribution in [3.63, 3.8) is 0 Å². The monoisotopic (exact) mass is 478 g/mol. The lowest BCUT2D eigenvalue weighted by Crippen LogP contribution is -2.51. The van der Waals surface area contributed by atoms with E-state index in [0.717, 1.165) is 6.42 Å². The zero-order valence-electron chi connectivity index (χ0n) is 23.5. The predicted octanol–water partition coefficient (Wildman–Crippen LogP) is 9.47. The molecule has 4 unspecified atom stereocenters. The fourth-order valence-electron chi connectivity index (χ4n) is 7.84. The van der Waals surface area contributed by atoms with Crippen molar-refractivity contribution in [2.45, 2.75) is 136 Å². The van der Waals surface area contributed by atoms with Crippen LogP contribution in [0, 0.1) is 17.8 Å². The minimum atomic E-state index is -1.96. The Labute approximate surface area is 202 Å². The first kappa shape index (κ1) is 27.9. The Bertz CT molecular complexity index is 631. The van der Waals surface area contributed by atoms with Crippen LogP contribution >= 0.6 is 0 Å². The molecule has 4 atom stereocenters. The quantitative estimate of drug-likeness (QED) is 0.291. The summed E-state index contributed by atoms with van der Waals surface area (Å²) in [4.78, 5) is 0. The molecule has 1 saturated carbocycles. The summed E-state index contributed by atoms with van der Waals surface area (Å²) in [6.45, 7) is 31.2. The van der Waals surface area contributed by atoms with Gasteiger partial charge in [-0.3, -0.25) is 0 Å². The molecule has 32 heavy (non-hydrogen) atoms. The van der Waals surface area contributed by atoms with Gasteiger partial charge in [-0.2, -0.15) is 0 Å². The second-order valence-electron chi connectivity index (χ2n) is 12.7. The van der Waals surface area contributed by atoms with E-state index in [1.54, 1.807) is 0 Å². The molecule has 0 aromatic carbocycles. The number of allylic oxidation sites excluding steroid dienone is 3. The molecule has 0 aliphatic heterocycles. The largest absolute Gasteiger partial charge is 0.545 e. The molecular weight excluding hydrogens is 424 g/mol. The third-order valence-electron chi connectivity index (χ3n) is 9.05. The highest BCUT2D eigenvalue weighted by Crippen LogP contribution is 2.53. The summed E-state index contributed by atoms with van der Waals surface area (Å²) < 4.78 is 14.6. The van der Waals surface area contributed by atoms with Gasteiger partial charge in [0.1, 0.15) is 0 Å². The Morgan fingerprint density at radius 1 is 0.719 bits per heavy atom. The summed E-state index contributed by atoms with van der Waals surface area (Å²) in [6, 6.07) is 0. The molecule has 0 N–H and O–H groups in total. The van der Waals surface area contributed by atoms with Crippen molar-refractivity contribution in [2.75, 3.05) is 0 Å². The van der Waals surface area contributed by atoms with Crippen LogP contribution in [-0.4, -0.2) is 22.7 Å². The van der Waals surface area contributed by atoms with Gasteiger partial charge in [0.25, 0.3) is 8.32 Å². The molecule has 0 amide bonds. The van der Waals surface area contributed by atoms with Gasteiger partial charge in [0.05, 0.1) is 11.9 Å². The van der Waals surface area contributed by atoms with Gasteiger partial charge < -0.3 is 8.85 Å². The second kappa shape index (κ2) is 10.5. The molecule has 0 aromatic heterocycles. The minimum Gasteiger partial charge on any atom is -0.545 e. The molecule has 0 radical (unpaired) electrons. The first-order chi connectivity index (χ1) is 14.7. The van der Waals surface area contributed by atoms with Gasteiger partial charge in [0.15, 0.2) is 0 Å². The lowest BCUT2D eigenvalue weighted by atomic mass is 9.85. The Kier molecular flexibility index (Phi) is 9.18. The van der Waals surface area contributed by atoms with E-state index in [4.69, 9.17) is 8.85 Å². The third kappa shape index (κ3) is 4.75. The molecule has 0 spiro atoms. The van der Waals surface area contributed by atoms with Crippen molar-refractivity contribution in [1.29, 1.82) is 0 Å². The normalized spacial score (nSPS) is 26.8. The van der Waals surface area contributed by atoms with E-state index >= 15 is 0 Å². The Morgan fingerprint density at radius 3 is 1.56 bits per heavy atom. The maximum absolute atomic E-state index is 7.36. The summed E-state index contributed by atoms with van der Waals surface area (Å²) in [5.41, 5.74) is 3.66. The molecule has 2 aliphatic rings. The molecule has 0 saturated heterocycles. The van der Waals surface area contributed by atoms with Crippen LogP contribution in [0.15, 0.2) is 24.0 Å². The van der Waals surface area contributed by atoms with Crippen LogP contribution < -0.4 is 0 Å². The molecule has 2 rings (SSSR count). The van der Waals surface area contributed by atoms with E-state index in [2.05, 4.69) is 108 Å². The Balaban J connectivity index is 2.38. The minimum absolute atomic E-state index is 0.325. The molecule has 0 aromatic rings. The van der Waals surface area contributed by atoms with Crippen LogP contribution in [0.2, 0.25) is 33.2 Å². The van der Waals surface area contributed by atoms with Gasteiger partial charge in [-0.05, 0) is 51.7 Å². The van der Waals surface area contributed by atoms with Crippen LogP contribution in [-0.2, 0) is 8.85 Å². The van der Waals surface area contributed by atoms with Crippen molar-refractivity contribution in [1.82, 2.24) is 0 Å². The average Bonchev–Trinajstić information content (AvgIpc) is 2.98. The van der Waals surface area contributed by atoms with Crippen LogP contribution in [0.5, 0.6) is 0 Å². The first-order valence-corrected chi connectivity index (χ1v) is 17.8. The van der Waals surface area contributed by atoms with Gasteiger partial charge >= 0.3 is 0 Å². The smallest absolute Gasteiger partial charge is 0.258 e. The first-order valence-electron chi connectivity index (χ1n) is 13.5. The second-order valence-corrected chi connectivity index (χ2v) is 23.4. The van der Waals surface area contributed by atoms with Crippen molar-refractivity contribution in [2.24, 2.45) is 17.8 Å². The van der Waals surface area contributed by atoms with Crippen molar-refractivity contribution in [3.8, 4) is 0 Å². The predicted molar refractivity (Wildman–Crippen MR) is 146 cm³/mol. The molecule has 186 valence electrons. The fraction of sp³-hybridized carbons (Fsp3) is 0.857. The summed E-state index contributed by atoms with van der Waals surface area (Å²) in [6.07, 6.45) is 8.49. The highest BCUT2D eigenvalue weighted by Gasteiger charge is 2.54. The van der Waals surface area contributed by atoms with Gasteiger partial charge in [-0.15, -0.1) is 0 Å². The lowest BCUT2D eigenvalue weighted by Gasteiger charge is -2.46. The summed E-state index contributed by atoms with van der Waals surface area (Å²) in [7, 11) is -3.87. The molecular formula is C28H54O2Si2. The maximum Gasteiger partial charge on any atom is 0.258 e. The van der Waals surface area contributed by atoms with Crippen molar-refractivity contribution >= 4 is 16.6 Å². The molecule has 0 heterocycles. The summed E-state index contributed by atoms with van der Waals surface area (Å²) >= 11 is 0. The lowest BCUT2D eigenvalue weighted by molar-refractivity contribution is 0.139. The zero-order chi connectivity index (χ0) is 24.6. The highest BCUT2D eigenvalue weighted by molar-refractivity contribution is 6.78. The van der Waals surface area contributed by atoms with E-state index in [-0.39, 0.29) is 0 Å². The average molecular weight is 479 g/mol. The molecule has 4 heteroatoms. The molecule has 2 nitrogen and oxygen atoms in total. The topological polar surface area (TPSA) is 18.5 Å². The van der Waals surface area contributed by atoms with Gasteiger partial charge in [0.2, 0.25) is 8.32 Å². The van der Waals surface area contributed by atoms with E-state index in [1.807, 2.05) is 0 Å². The zero-order valence-corrected chi connectivity index (χ0v) is 25.5. The third-order valence-corrected chi connectivity index (χ3v) is 21.2. The van der Waals surface area contributed by atoms with E-state index < -0.39 is 16.6 Å². The summed E-state index contributed by atoms with van der Waals surface area (Å²) in [5.74, 6) is 2.78. The SMILES string of the molecule is CC1CC(O[Si](C(C)C)(C(C)C)C(C)C)C2C=CC=C(O[Si](C(C)C)(C(C)C)C(C)C)C12. The summed E-state index contributed by atoms with van der Waals surface area (Å²) in [5, 5.41) is 0. The van der Waals surface area contributed by atoms with Gasteiger partial charge in [-0.1, -0.05) is 102 Å². The van der Waals surface area contributed by atoms with Crippen molar-refractivity contribution in [3.05, 3.63) is 24.0 Å². The van der Waals surface area contributed by atoms with E-state index in [1.165, 1.54) is 5.76 Å². The molecule has 0 bridgehead atoms. The fourth-order valence-corrected chi connectivity index (χ4v) is 18.8. The maximum atomic E-state index is 7.36. The number of hydrogen-bond acceptors (Lipinski definition) is 2. The van der Waals surface area contributed by atoms with E-state index in [0.29, 0.717) is 57.1 Å². The Hall–Kier alpha value is -0.326. The van der Waals surface area contributed by atoms with Crippen LogP contribution in [0.25, 0.3) is 0 Å². The van der Waals surface area contributed by atoms with Crippen molar-refractivity contribution < 1.29 is 8.85 Å². The standard InChI is InChI=1S/C28H54O2Si2/c1-18(2)31(19(3)4,20(5)6)29-26-16-14-15-25-27(17-24(13)28(25)26)30-32(21(7)8,22(9)10)23(11)12/h14-16,18-25,27-28H,17H2,1-13H3.